The largest absolute Gasteiger partial charge is 0.461 e. The Morgan fingerprint density at radius 2 is 2.19 bits per heavy atom. The molecule has 0 saturated heterocycles. The zero-order valence-corrected chi connectivity index (χ0v) is 9.86. The first-order valence-corrected chi connectivity index (χ1v) is 5.61. The van der Waals surface area contributed by atoms with Crippen molar-refractivity contribution >= 4 is 11.8 Å². The molecule has 0 spiro atoms. The van der Waals surface area contributed by atoms with E-state index in [4.69, 9.17) is 4.74 Å². The molecule has 0 aliphatic heterocycles. The predicted octanol–water partition coefficient (Wildman–Crippen LogP) is 2.42. The number of ketones is 1. The molecule has 0 fully saturated rings. The van der Waals surface area contributed by atoms with Crippen molar-refractivity contribution in [1.29, 1.82) is 0 Å². The standard InChI is InChI=1S/C13H18O3/c1-10(11(2)14)8-13(15)16-9-12-6-4-3-5-7-12/h4,6-7,10H,3,5,8-9H2,1-2H3. The summed E-state index contributed by atoms with van der Waals surface area (Å²) in [4.78, 5) is 22.3. The van der Waals surface area contributed by atoms with Crippen LogP contribution in [0.2, 0.25) is 0 Å². The maximum Gasteiger partial charge on any atom is 0.306 e. The first-order chi connectivity index (χ1) is 7.59. The van der Waals surface area contributed by atoms with Gasteiger partial charge in [-0.1, -0.05) is 25.2 Å². The summed E-state index contributed by atoms with van der Waals surface area (Å²) >= 11 is 0. The number of rotatable bonds is 5. The van der Waals surface area contributed by atoms with Crippen molar-refractivity contribution in [3.8, 4) is 0 Å². The highest BCUT2D eigenvalue weighted by atomic mass is 16.5. The number of carbonyl (C=O) groups is 2. The van der Waals surface area contributed by atoms with Gasteiger partial charge < -0.3 is 4.74 Å². The van der Waals surface area contributed by atoms with Crippen molar-refractivity contribution in [1.82, 2.24) is 0 Å². The predicted molar refractivity (Wildman–Crippen MR) is 61.9 cm³/mol. The zero-order chi connectivity index (χ0) is 12.0. The van der Waals surface area contributed by atoms with E-state index in [0.717, 1.165) is 18.4 Å². The van der Waals surface area contributed by atoms with E-state index in [-0.39, 0.29) is 24.1 Å². The molecule has 1 atom stereocenters. The quantitative estimate of drug-likeness (QED) is 0.671. The van der Waals surface area contributed by atoms with E-state index in [2.05, 4.69) is 12.2 Å². The Morgan fingerprint density at radius 1 is 1.44 bits per heavy atom. The van der Waals surface area contributed by atoms with Gasteiger partial charge in [0, 0.05) is 5.92 Å². The van der Waals surface area contributed by atoms with Crippen LogP contribution < -0.4 is 0 Å². The molecule has 1 aliphatic rings. The van der Waals surface area contributed by atoms with Gasteiger partial charge in [-0.25, -0.2) is 0 Å². The molecule has 0 amide bonds. The molecule has 1 aliphatic carbocycles. The minimum atomic E-state index is -0.303. The molecule has 0 aromatic rings. The number of hydrogen-bond acceptors (Lipinski definition) is 3. The number of Topliss-reactive ketones (excluding diaryl/α,β-unsaturated/α-hetero) is 1. The van der Waals surface area contributed by atoms with E-state index in [0.29, 0.717) is 6.61 Å². The van der Waals surface area contributed by atoms with Crippen LogP contribution >= 0.6 is 0 Å². The molecule has 3 heteroatoms. The Balaban J connectivity index is 2.27. The lowest BCUT2D eigenvalue weighted by atomic mass is 10.0. The number of esters is 1. The summed E-state index contributed by atoms with van der Waals surface area (Å²) in [5.74, 6) is -0.528. The summed E-state index contributed by atoms with van der Waals surface area (Å²) in [5.41, 5.74) is 1.04. The molecule has 0 bridgehead atoms. The van der Waals surface area contributed by atoms with Gasteiger partial charge in [0.25, 0.3) is 0 Å². The van der Waals surface area contributed by atoms with Crippen LogP contribution in [0.25, 0.3) is 0 Å². The van der Waals surface area contributed by atoms with E-state index in [1.807, 2.05) is 6.08 Å². The van der Waals surface area contributed by atoms with Crippen LogP contribution in [-0.2, 0) is 14.3 Å². The third-order valence-corrected chi connectivity index (χ3v) is 2.64. The minimum absolute atomic E-state index is 0.0220. The number of carbonyl (C=O) groups excluding carboxylic acids is 2. The van der Waals surface area contributed by atoms with Gasteiger partial charge in [-0.2, -0.15) is 0 Å². The molecule has 0 heterocycles. The van der Waals surface area contributed by atoms with Crippen molar-refractivity contribution in [2.45, 2.75) is 33.1 Å². The Kier molecular flexibility index (Phi) is 4.96. The van der Waals surface area contributed by atoms with Crippen LogP contribution in [0, 0.1) is 5.92 Å². The van der Waals surface area contributed by atoms with Crippen LogP contribution in [0.5, 0.6) is 0 Å². The lowest BCUT2D eigenvalue weighted by Gasteiger charge is -2.10. The lowest BCUT2D eigenvalue weighted by molar-refractivity contribution is -0.145. The summed E-state index contributed by atoms with van der Waals surface area (Å²) in [6.45, 7) is 3.55. The summed E-state index contributed by atoms with van der Waals surface area (Å²) in [6.07, 6.45) is 8.35. The van der Waals surface area contributed by atoms with Crippen molar-refractivity contribution in [3.05, 3.63) is 23.8 Å². The summed E-state index contributed by atoms with van der Waals surface area (Å²) in [6, 6.07) is 0. The van der Waals surface area contributed by atoms with Crippen molar-refractivity contribution in [2.75, 3.05) is 6.61 Å². The Bertz CT molecular complexity index is 326. The fourth-order valence-corrected chi connectivity index (χ4v) is 1.39. The van der Waals surface area contributed by atoms with E-state index < -0.39 is 0 Å². The smallest absolute Gasteiger partial charge is 0.306 e. The fraction of sp³-hybridized carbons (Fsp3) is 0.538. The van der Waals surface area contributed by atoms with Crippen LogP contribution in [-0.4, -0.2) is 18.4 Å². The lowest BCUT2D eigenvalue weighted by Crippen LogP contribution is -2.15. The topological polar surface area (TPSA) is 43.4 Å². The zero-order valence-electron chi connectivity index (χ0n) is 9.86. The van der Waals surface area contributed by atoms with Crippen LogP contribution in [0.4, 0.5) is 0 Å². The summed E-state index contributed by atoms with van der Waals surface area (Å²) < 4.78 is 5.09. The van der Waals surface area contributed by atoms with Crippen LogP contribution in [0.1, 0.15) is 33.1 Å². The van der Waals surface area contributed by atoms with Crippen molar-refractivity contribution < 1.29 is 14.3 Å². The van der Waals surface area contributed by atoms with Crippen LogP contribution in [0.15, 0.2) is 23.8 Å². The monoisotopic (exact) mass is 222 g/mol. The molecule has 16 heavy (non-hydrogen) atoms. The molecule has 0 N–H and O–H groups in total. The first-order valence-electron chi connectivity index (χ1n) is 5.61. The Labute approximate surface area is 96.2 Å². The molecular formula is C13H18O3. The molecule has 1 unspecified atom stereocenters. The number of ether oxygens (including phenoxy) is 1. The maximum absolute atomic E-state index is 11.4. The van der Waals surface area contributed by atoms with Gasteiger partial charge >= 0.3 is 5.97 Å². The van der Waals surface area contributed by atoms with Gasteiger partial charge in [0.1, 0.15) is 12.4 Å². The van der Waals surface area contributed by atoms with Gasteiger partial charge in [-0.15, -0.1) is 0 Å². The molecule has 0 saturated carbocycles. The second-order valence-electron chi connectivity index (χ2n) is 4.14. The number of hydrogen-bond donors (Lipinski definition) is 0. The SMILES string of the molecule is CC(=O)C(C)CC(=O)OCC1=CCCC=C1. The average Bonchev–Trinajstić information content (AvgIpc) is 2.27. The van der Waals surface area contributed by atoms with E-state index in [1.54, 1.807) is 6.92 Å². The minimum Gasteiger partial charge on any atom is -0.461 e. The highest BCUT2D eigenvalue weighted by Crippen LogP contribution is 2.11. The molecule has 0 radical (unpaired) electrons. The second kappa shape index (κ2) is 6.26. The van der Waals surface area contributed by atoms with Gasteiger partial charge in [-0.05, 0) is 25.3 Å². The van der Waals surface area contributed by atoms with Gasteiger partial charge in [0.2, 0.25) is 0 Å². The van der Waals surface area contributed by atoms with E-state index in [9.17, 15) is 9.59 Å². The van der Waals surface area contributed by atoms with Crippen LogP contribution in [0.3, 0.4) is 0 Å². The molecule has 0 aromatic heterocycles. The third kappa shape index (κ3) is 4.43. The van der Waals surface area contributed by atoms with Crippen molar-refractivity contribution in [3.63, 3.8) is 0 Å². The second-order valence-corrected chi connectivity index (χ2v) is 4.14. The highest BCUT2D eigenvalue weighted by molar-refractivity contribution is 5.83. The number of allylic oxidation sites excluding steroid dienone is 2. The first kappa shape index (κ1) is 12.7. The third-order valence-electron chi connectivity index (χ3n) is 2.64. The Hall–Kier alpha value is -1.38. The molecular weight excluding hydrogens is 204 g/mol. The van der Waals surface area contributed by atoms with E-state index in [1.165, 1.54) is 6.92 Å². The molecule has 0 aromatic carbocycles. The van der Waals surface area contributed by atoms with Gasteiger partial charge in [0.05, 0.1) is 6.42 Å². The summed E-state index contributed by atoms with van der Waals surface area (Å²) in [5, 5.41) is 0. The molecule has 3 nitrogen and oxygen atoms in total. The Morgan fingerprint density at radius 3 is 2.75 bits per heavy atom. The normalized spacial score (nSPS) is 16.5. The van der Waals surface area contributed by atoms with Gasteiger partial charge in [-0.3, -0.25) is 9.59 Å². The molecule has 88 valence electrons. The van der Waals surface area contributed by atoms with Gasteiger partial charge in [0.15, 0.2) is 0 Å². The maximum atomic E-state index is 11.4. The summed E-state index contributed by atoms with van der Waals surface area (Å²) in [7, 11) is 0. The highest BCUT2D eigenvalue weighted by Gasteiger charge is 2.14. The van der Waals surface area contributed by atoms with Crippen molar-refractivity contribution in [2.24, 2.45) is 5.92 Å². The average molecular weight is 222 g/mol. The fourth-order valence-electron chi connectivity index (χ4n) is 1.39. The van der Waals surface area contributed by atoms with E-state index >= 15 is 0 Å². The molecule has 1 rings (SSSR count).